The van der Waals surface area contributed by atoms with Gasteiger partial charge in [-0.05, 0) is 51.5 Å². The van der Waals surface area contributed by atoms with Crippen molar-refractivity contribution in [3.63, 3.8) is 0 Å². The predicted octanol–water partition coefficient (Wildman–Crippen LogP) is 4.79. The zero-order valence-corrected chi connectivity index (χ0v) is 9.77. The van der Waals surface area contributed by atoms with E-state index < -0.39 is 0 Å². The first-order valence-corrected chi connectivity index (χ1v) is 5.76. The summed E-state index contributed by atoms with van der Waals surface area (Å²) in [6.07, 6.45) is 13.0. The van der Waals surface area contributed by atoms with Gasteiger partial charge < -0.3 is 0 Å². The summed E-state index contributed by atoms with van der Waals surface area (Å²) in [5, 5.41) is 0. The Bertz CT molecular complexity index is 264. The summed E-state index contributed by atoms with van der Waals surface area (Å²) >= 11 is 0. The van der Waals surface area contributed by atoms with Crippen LogP contribution in [0.3, 0.4) is 0 Å². The van der Waals surface area contributed by atoms with Crippen LogP contribution in [0.15, 0.2) is 34.9 Å². The minimum atomic E-state index is 1.16. The van der Waals surface area contributed by atoms with Crippen LogP contribution < -0.4 is 0 Å². The maximum Gasteiger partial charge on any atom is -0.0242 e. The van der Waals surface area contributed by atoms with E-state index in [9.17, 15) is 0 Å². The normalized spacial score (nSPS) is 17.8. The lowest BCUT2D eigenvalue weighted by atomic mass is 9.90. The van der Waals surface area contributed by atoms with Crippen molar-refractivity contribution in [1.82, 2.24) is 0 Å². The molecule has 1 aliphatic carbocycles. The molecule has 0 nitrogen and oxygen atoms in total. The molecule has 0 heteroatoms. The van der Waals surface area contributed by atoms with E-state index in [2.05, 4.69) is 39.0 Å². The van der Waals surface area contributed by atoms with Gasteiger partial charge in [-0.15, -0.1) is 0 Å². The number of rotatable bonds is 4. The lowest BCUT2D eigenvalue weighted by Gasteiger charge is -2.16. The van der Waals surface area contributed by atoms with Gasteiger partial charge in [-0.1, -0.05) is 36.3 Å². The fraction of sp³-hybridized carbons (Fsp3) is 0.571. The van der Waals surface area contributed by atoms with Gasteiger partial charge in [-0.3, -0.25) is 0 Å². The SMILES string of the molecule is CC/C=C\CCC1=C(C)CCC=C1C. The zero-order valence-electron chi connectivity index (χ0n) is 9.77. The second-order valence-electron chi connectivity index (χ2n) is 4.10. The van der Waals surface area contributed by atoms with Gasteiger partial charge in [0.05, 0.1) is 0 Å². The molecular weight excluding hydrogens is 168 g/mol. The molecule has 14 heavy (non-hydrogen) atoms. The summed E-state index contributed by atoms with van der Waals surface area (Å²) in [7, 11) is 0. The van der Waals surface area contributed by atoms with Crippen molar-refractivity contribution in [2.24, 2.45) is 0 Å². The van der Waals surface area contributed by atoms with E-state index in [1.165, 1.54) is 31.3 Å². The Labute approximate surface area is 88.4 Å². The molecule has 0 aromatic carbocycles. The molecule has 0 saturated carbocycles. The molecule has 0 aromatic heterocycles. The molecule has 0 aromatic rings. The first kappa shape index (κ1) is 11.3. The molecule has 0 fully saturated rings. The first-order chi connectivity index (χ1) is 6.75. The topological polar surface area (TPSA) is 0 Å². The van der Waals surface area contributed by atoms with E-state index >= 15 is 0 Å². The highest BCUT2D eigenvalue weighted by atomic mass is 14.1. The van der Waals surface area contributed by atoms with Gasteiger partial charge >= 0.3 is 0 Å². The van der Waals surface area contributed by atoms with Gasteiger partial charge in [0.25, 0.3) is 0 Å². The molecule has 0 N–H and O–H groups in total. The Morgan fingerprint density at radius 2 is 2.07 bits per heavy atom. The minimum absolute atomic E-state index is 1.16. The highest BCUT2D eigenvalue weighted by Crippen LogP contribution is 2.27. The maximum atomic E-state index is 2.38. The van der Waals surface area contributed by atoms with Crippen molar-refractivity contribution in [3.05, 3.63) is 34.9 Å². The van der Waals surface area contributed by atoms with E-state index in [1.807, 2.05) is 0 Å². The number of hydrogen-bond donors (Lipinski definition) is 0. The molecular formula is C14H22. The summed E-state index contributed by atoms with van der Waals surface area (Å²) in [6, 6.07) is 0. The third-order valence-corrected chi connectivity index (χ3v) is 2.92. The van der Waals surface area contributed by atoms with Gasteiger partial charge in [-0.25, -0.2) is 0 Å². The van der Waals surface area contributed by atoms with Crippen LogP contribution in [0.4, 0.5) is 0 Å². The number of allylic oxidation sites excluding steroid dienone is 6. The molecule has 0 aliphatic heterocycles. The van der Waals surface area contributed by atoms with E-state index in [0.29, 0.717) is 0 Å². The molecule has 0 atom stereocenters. The average molecular weight is 190 g/mol. The quantitative estimate of drug-likeness (QED) is 0.559. The fourth-order valence-corrected chi connectivity index (χ4v) is 2.04. The smallest absolute Gasteiger partial charge is 0.0242 e. The van der Waals surface area contributed by atoms with Crippen LogP contribution in [0.1, 0.15) is 52.9 Å². The van der Waals surface area contributed by atoms with Crippen molar-refractivity contribution in [2.75, 3.05) is 0 Å². The van der Waals surface area contributed by atoms with E-state index in [0.717, 1.165) is 6.42 Å². The van der Waals surface area contributed by atoms with Crippen LogP contribution in [-0.2, 0) is 0 Å². The van der Waals surface area contributed by atoms with Gasteiger partial charge in [0.1, 0.15) is 0 Å². The van der Waals surface area contributed by atoms with Gasteiger partial charge in [0.2, 0.25) is 0 Å². The molecule has 0 spiro atoms. The predicted molar refractivity (Wildman–Crippen MR) is 64.4 cm³/mol. The largest absolute Gasteiger partial charge is 0.0888 e. The second kappa shape index (κ2) is 5.85. The third-order valence-electron chi connectivity index (χ3n) is 2.92. The Morgan fingerprint density at radius 3 is 2.71 bits per heavy atom. The van der Waals surface area contributed by atoms with E-state index in [-0.39, 0.29) is 0 Å². The van der Waals surface area contributed by atoms with Gasteiger partial charge in [-0.2, -0.15) is 0 Å². The van der Waals surface area contributed by atoms with Crippen molar-refractivity contribution >= 4 is 0 Å². The summed E-state index contributed by atoms with van der Waals surface area (Å²) < 4.78 is 0. The summed E-state index contributed by atoms with van der Waals surface area (Å²) in [5.74, 6) is 0. The monoisotopic (exact) mass is 190 g/mol. The van der Waals surface area contributed by atoms with Gasteiger partial charge in [0.15, 0.2) is 0 Å². The molecule has 0 unspecified atom stereocenters. The Balaban J connectivity index is 2.50. The highest BCUT2D eigenvalue weighted by Gasteiger charge is 2.08. The standard InChI is InChI=1S/C14H22/c1-4-5-6-7-11-14-12(2)9-8-10-13(14)3/h5-6,9H,4,7-8,10-11H2,1-3H3/b6-5-. The van der Waals surface area contributed by atoms with Crippen LogP contribution in [0.2, 0.25) is 0 Å². The number of hydrogen-bond acceptors (Lipinski definition) is 0. The van der Waals surface area contributed by atoms with Crippen LogP contribution in [0.25, 0.3) is 0 Å². The summed E-state index contributed by atoms with van der Waals surface area (Å²) in [4.78, 5) is 0. The van der Waals surface area contributed by atoms with Crippen molar-refractivity contribution in [2.45, 2.75) is 52.9 Å². The van der Waals surface area contributed by atoms with Crippen molar-refractivity contribution in [1.29, 1.82) is 0 Å². The lowest BCUT2D eigenvalue weighted by molar-refractivity contribution is 0.862. The molecule has 78 valence electrons. The van der Waals surface area contributed by atoms with Gasteiger partial charge in [0, 0.05) is 0 Å². The van der Waals surface area contributed by atoms with Crippen molar-refractivity contribution < 1.29 is 0 Å². The summed E-state index contributed by atoms with van der Waals surface area (Å²) in [6.45, 7) is 6.73. The zero-order chi connectivity index (χ0) is 10.4. The Hall–Kier alpha value is -0.780. The van der Waals surface area contributed by atoms with Crippen molar-refractivity contribution in [3.8, 4) is 0 Å². The fourth-order valence-electron chi connectivity index (χ4n) is 2.04. The molecule has 0 radical (unpaired) electrons. The van der Waals surface area contributed by atoms with E-state index in [1.54, 1.807) is 11.1 Å². The maximum absolute atomic E-state index is 2.38. The second-order valence-corrected chi connectivity index (χ2v) is 4.10. The van der Waals surface area contributed by atoms with Crippen LogP contribution >= 0.6 is 0 Å². The Morgan fingerprint density at radius 1 is 1.29 bits per heavy atom. The molecule has 0 saturated heterocycles. The van der Waals surface area contributed by atoms with Crippen LogP contribution in [-0.4, -0.2) is 0 Å². The van der Waals surface area contributed by atoms with Crippen LogP contribution in [0.5, 0.6) is 0 Å². The molecule has 0 amide bonds. The third kappa shape index (κ3) is 3.17. The molecule has 1 rings (SSSR count). The molecule has 0 bridgehead atoms. The Kier molecular flexibility index (Phi) is 4.72. The average Bonchev–Trinajstić information content (AvgIpc) is 2.16. The van der Waals surface area contributed by atoms with Crippen LogP contribution in [0, 0.1) is 0 Å². The highest BCUT2D eigenvalue weighted by molar-refractivity contribution is 5.36. The molecule has 0 heterocycles. The molecule has 1 aliphatic rings. The van der Waals surface area contributed by atoms with E-state index in [4.69, 9.17) is 0 Å². The lowest BCUT2D eigenvalue weighted by Crippen LogP contribution is -1.96. The summed E-state index contributed by atoms with van der Waals surface area (Å²) in [5.41, 5.74) is 4.73. The first-order valence-electron chi connectivity index (χ1n) is 5.76. The minimum Gasteiger partial charge on any atom is -0.0888 e.